The van der Waals surface area contributed by atoms with Crippen LogP contribution in [0.3, 0.4) is 0 Å². The molecule has 1 aromatic heterocycles. The van der Waals surface area contributed by atoms with E-state index in [0.29, 0.717) is 0 Å². The zero-order valence-corrected chi connectivity index (χ0v) is 13.6. The number of amides is 2. The Balaban J connectivity index is 1.26. The van der Waals surface area contributed by atoms with Crippen LogP contribution >= 0.6 is 0 Å². The zero-order valence-electron chi connectivity index (χ0n) is 13.6. The van der Waals surface area contributed by atoms with Crippen LogP contribution in [0, 0.1) is 0 Å². The summed E-state index contributed by atoms with van der Waals surface area (Å²) in [4.78, 5) is 16.2. The Morgan fingerprint density at radius 3 is 2.29 bits per heavy atom. The maximum absolute atomic E-state index is 12.2. The van der Waals surface area contributed by atoms with E-state index in [0.717, 1.165) is 43.3 Å². The van der Waals surface area contributed by atoms with Gasteiger partial charge in [0.15, 0.2) is 0 Å². The van der Waals surface area contributed by atoms with Gasteiger partial charge in [-0.05, 0) is 49.9 Å². The Labute approximate surface area is 141 Å². The third-order valence-electron chi connectivity index (χ3n) is 4.70. The highest BCUT2D eigenvalue weighted by Crippen LogP contribution is 2.29. The fourth-order valence-corrected chi connectivity index (χ4v) is 3.23. The normalized spacial score (nSPS) is 19.2. The summed E-state index contributed by atoms with van der Waals surface area (Å²) in [5, 5.41) is 14.1. The largest absolute Gasteiger partial charge is 0.335 e. The summed E-state index contributed by atoms with van der Waals surface area (Å²) in [5.74, 6) is 0. The fourth-order valence-electron chi connectivity index (χ4n) is 3.23. The summed E-state index contributed by atoms with van der Waals surface area (Å²) < 4.78 is 0. The molecule has 1 saturated carbocycles. The number of benzene rings is 1. The summed E-state index contributed by atoms with van der Waals surface area (Å²) in [7, 11) is 0. The van der Waals surface area contributed by atoms with Gasteiger partial charge in [0.05, 0.1) is 18.1 Å². The monoisotopic (exact) mass is 326 g/mol. The SMILES string of the molecule is O=C(Nc1ccc(-n2nccn2)cc1)NC1CCN(C2CC2)CC1. The van der Waals surface area contributed by atoms with Crippen molar-refractivity contribution >= 4 is 11.7 Å². The molecule has 0 radical (unpaired) electrons. The van der Waals surface area contributed by atoms with E-state index in [1.54, 1.807) is 12.4 Å². The van der Waals surface area contributed by atoms with Crippen LogP contribution in [0.25, 0.3) is 5.69 Å². The summed E-state index contributed by atoms with van der Waals surface area (Å²) >= 11 is 0. The second kappa shape index (κ2) is 6.60. The molecular formula is C17H22N6O. The first-order valence-electron chi connectivity index (χ1n) is 8.56. The van der Waals surface area contributed by atoms with Gasteiger partial charge in [0.2, 0.25) is 0 Å². The average molecular weight is 326 g/mol. The van der Waals surface area contributed by atoms with E-state index >= 15 is 0 Å². The number of hydrogen-bond donors (Lipinski definition) is 2. The summed E-state index contributed by atoms with van der Waals surface area (Å²) in [6, 6.07) is 8.43. The predicted octanol–water partition coefficient (Wildman–Crippen LogP) is 2.02. The molecule has 24 heavy (non-hydrogen) atoms. The van der Waals surface area contributed by atoms with Gasteiger partial charge in [-0.3, -0.25) is 0 Å². The number of piperidine rings is 1. The number of nitrogens with one attached hydrogen (secondary N) is 2. The number of carbonyl (C=O) groups excluding carboxylic acids is 1. The van der Waals surface area contributed by atoms with Crippen LogP contribution in [0.4, 0.5) is 10.5 Å². The summed E-state index contributed by atoms with van der Waals surface area (Å²) in [6.07, 6.45) is 8.04. The van der Waals surface area contributed by atoms with Crippen LogP contribution in [0.2, 0.25) is 0 Å². The molecular weight excluding hydrogens is 304 g/mol. The Kier molecular flexibility index (Phi) is 4.17. The first kappa shape index (κ1) is 15.1. The van der Waals surface area contributed by atoms with Crippen LogP contribution in [-0.2, 0) is 0 Å². The maximum Gasteiger partial charge on any atom is 0.319 e. The van der Waals surface area contributed by atoms with Crippen LogP contribution in [-0.4, -0.2) is 51.1 Å². The Bertz CT molecular complexity index is 672. The molecule has 2 aliphatic rings. The van der Waals surface area contributed by atoms with E-state index < -0.39 is 0 Å². The number of hydrogen-bond acceptors (Lipinski definition) is 4. The Hall–Kier alpha value is -2.41. The van der Waals surface area contributed by atoms with Gasteiger partial charge in [-0.2, -0.15) is 15.0 Å². The van der Waals surface area contributed by atoms with Crippen molar-refractivity contribution in [1.29, 1.82) is 0 Å². The fraction of sp³-hybridized carbons (Fsp3) is 0.471. The van der Waals surface area contributed by atoms with Crippen molar-refractivity contribution in [2.24, 2.45) is 0 Å². The summed E-state index contributed by atoms with van der Waals surface area (Å²) in [6.45, 7) is 2.20. The zero-order chi connectivity index (χ0) is 16.4. The van der Waals surface area contributed by atoms with E-state index in [1.165, 1.54) is 17.6 Å². The highest BCUT2D eigenvalue weighted by molar-refractivity contribution is 5.89. The number of anilines is 1. The minimum absolute atomic E-state index is 0.134. The minimum atomic E-state index is -0.134. The van der Waals surface area contributed by atoms with Crippen LogP contribution in [0.15, 0.2) is 36.7 Å². The number of nitrogens with zero attached hydrogens (tertiary/aromatic N) is 4. The van der Waals surface area contributed by atoms with Crippen molar-refractivity contribution in [2.45, 2.75) is 37.8 Å². The van der Waals surface area contributed by atoms with Gasteiger partial charge in [-0.1, -0.05) is 0 Å². The van der Waals surface area contributed by atoms with E-state index in [4.69, 9.17) is 0 Å². The molecule has 1 aliphatic heterocycles. The molecule has 1 saturated heterocycles. The molecule has 0 bridgehead atoms. The number of likely N-dealkylation sites (tertiary alicyclic amines) is 1. The minimum Gasteiger partial charge on any atom is -0.335 e. The number of rotatable bonds is 4. The molecule has 0 unspecified atom stereocenters. The lowest BCUT2D eigenvalue weighted by Crippen LogP contribution is -2.46. The van der Waals surface area contributed by atoms with Gasteiger partial charge < -0.3 is 15.5 Å². The topological polar surface area (TPSA) is 75.1 Å². The van der Waals surface area contributed by atoms with Crippen molar-refractivity contribution < 1.29 is 4.79 Å². The molecule has 2 amide bonds. The van der Waals surface area contributed by atoms with Crippen molar-refractivity contribution in [3.8, 4) is 5.69 Å². The average Bonchev–Trinajstić information content (AvgIpc) is 3.30. The summed E-state index contributed by atoms with van der Waals surface area (Å²) in [5.41, 5.74) is 1.62. The van der Waals surface area contributed by atoms with Gasteiger partial charge in [0, 0.05) is 30.9 Å². The molecule has 1 aliphatic carbocycles. The molecule has 2 fully saturated rings. The molecule has 0 atom stereocenters. The quantitative estimate of drug-likeness (QED) is 0.901. The second-order valence-corrected chi connectivity index (χ2v) is 6.51. The van der Waals surface area contributed by atoms with Gasteiger partial charge in [0.1, 0.15) is 0 Å². The van der Waals surface area contributed by atoms with E-state index in [-0.39, 0.29) is 12.1 Å². The van der Waals surface area contributed by atoms with Crippen LogP contribution in [0.1, 0.15) is 25.7 Å². The van der Waals surface area contributed by atoms with Gasteiger partial charge in [-0.25, -0.2) is 4.79 Å². The van der Waals surface area contributed by atoms with E-state index in [9.17, 15) is 4.79 Å². The first-order chi connectivity index (χ1) is 11.8. The van der Waals surface area contributed by atoms with Crippen molar-refractivity contribution in [2.75, 3.05) is 18.4 Å². The van der Waals surface area contributed by atoms with Crippen molar-refractivity contribution in [3.63, 3.8) is 0 Å². The smallest absolute Gasteiger partial charge is 0.319 e. The highest BCUT2D eigenvalue weighted by atomic mass is 16.2. The third kappa shape index (κ3) is 3.56. The second-order valence-electron chi connectivity index (χ2n) is 6.51. The lowest BCUT2D eigenvalue weighted by molar-refractivity contribution is 0.189. The molecule has 2 aromatic rings. The van der Waals surface area contributed by atoms with E-state index in [2.05, 4.69) is 25.7 Å². The molecule has 0 spiro atoms. The molecule has 2 heterocycles. The first-order valence-corrected chi connectivity index (χ1v) is 8.56. The molecule has 4 rings (SSSR count). The third-order valence-corrected chi connectivity index (χ3v) is 4.70. The van der Waals surface area contributed by atoms with E-state index in [1.807, 2.05) is 24.3 Å². The van der Waals surface area contributed by atoms with Crippen LogP contribution < -0.4 is 10.6 Å². The number of urea groups is 1. The maximum atomic E-state index is 12.2. The standard InChI is InChI=1S/C17H22N6O/c24-17(21-14-7-11-22(12-8-14)15-5-6-15)20-13-1-3-16(4-2-13)23-18-9-10-19-23/h1-4,9-10,14-15H,5-8,11-12H2,(H2,20,21,24). The Morgan fingerprint density at radius 2 is 1.67 bits per heavy atom. The van der Waals surface area contributed by atoms with Gasteiger partial charge >= 0.3 is 6.03 Å². The van der Waals surface area contributed by atoms with Gasteiger partial charge in [0.25, 0.3) is 0 Å². The number of aromatic nitrogens is 3. The lowest BCUT2D eigenvalue weighted by Gasteiger charge is -2.32. The molecule has 126 valence electrons. The molecule has 7 heteroatoms. The van der Waals surface area contributed by atoms with Gasteiger partial charge in [-0.15, -0.1) is 0 Å². The van der Waals surface area contributed by atoms with Crippen molar-refractivity contribution in [3.05, 3.63) is 36.7 Å². The molecule has 1 aromatic carbocycles. The Morgan fingerprint density at radius 1 is 1.00 bits per heavy atom. The highest BCUT2D eigenvalue weighted by Gasteiger charge is 2.32. The van der Waals surface area contributed by atoms with Crippen LogP contribution in [0.5, 0.6) is 0 Å². The number of carbonyl (C=O) groups is 1. The molecule has 7 nitrogen and oxygen atoms in total. The van der Waals surface area contributed by atoms with Crippen molar-refractivity contribution in [1.82, 2.24) is 25.2 Å². The predicted molar refractivity (Wildman–Crippen MR) is 91.1 cm³/mol. The molecule has 2 N–H and O–H groups in total. The lowest BCUT2D eigenvalue weighted by atomic mass is 10.1.